The highest BCUT2D eigenvalue weighted by Crippen LogP contribution is 2.50. The molecule has 0 saturated heterocycles. The van der Waals surface area contributed by atoms with Crippen molar-refractivity contribution < 1.29 is 0 Å². The molecule has 1 aliphatic carbocycles. The highest BCUT2D eigenvalue weighted by atomic mass is 32.2. The van der Waals surface area contributed by atoms with E-state index in [1.54, 1.807) is 0 Å². The van der Waals surface area contributed by atoms with E-state index in [9.17, 15) is 0 Å². The summed E-state index contributed by atoms with van der Waals surface area (Å²) in [6, 6.07) is 17.9. The lowest BCUT2D eigenvalue weighted by molar-refractivity contribution is 1.38. The summed E-state index contributed by atoms with van der Waals surface area (Å²) in [6.45, 7) is 2.18. The Morgan fingerprint density at radius 1 is 0.842 bits per heavy atom. The monoisotopic (exact) mass is 262 g/mol. The third-order valence-electron chi connectivity index (χ3n) is 3.93. The normalized spacial score (nSPS) is 11.9. The summed E-state index contributed by atoms with van der Waals surface area (Å²) in [5.74, 6) is 0. The summed E-state index contributed by atoms with van der Waals surface area (Å²) in [5.41, 5.74) is 6.95. The Balaban J connectivity index is 2.23. The second kappa shape index (κ2) is 3.88. The Morgan fingerprint density at radius 2 is 1.58 bits per heavy atom. The molecule has 3 aromatic carbocycles. The molecule has 0 fully saturated rings. The minimum Gasteiger partial charge on any atom is -0.129 e. The molecule has 0 atom stereocenters. The van der Waals surface area contributed by atoms with Crippen LogP contribution in [0.3, 0.4) is 0 Å². The largest absolute Gasteiger partial charge is 0.129 e. The van der Waals surface area contributed by atoms with Crippen molar-refractivity contribution in [2.45, 2.75) is 11.8 Å². The minimum absolute atomic E-state index is 1.34. The second-order valence-corrected chi connectivity index (χ2v) is 5.95. The molecule has 0 aromatic heterocycles. The van der Waals surface area contributed by atoms with E-state index in [0.717, 1.165) is 0 Å². The Bertz CT molecular complexity index is 810. The Hall–Kier alpha value is -1.73. The number of rotatable bonds is 1. The van der Waals surface area contributed by atoms with Gasteiger partial charge in [-0.2, -0.15) is 0 Å². The second-order valence-electron chi connectivity index (χ2n) is 5.10. The zero-order valence-corrected chi connectivity index (χ0v) is 11.8. The fourth-order valence-electron chi connectivity index (χ4n) is 3.18. The highest BCUT2D eigenvalue weighted by Gasteiger charge is 2.23. The third kappa shape index (κ3) is 1.42. The smallest absolute Gasteiger partial charge is 0.0157 e. The first kappa shape index (κ1) is 11.1. The van der Waals surface area contributed by atoms with Crippen molar-refractivity contribution in [3.05, 3.63) is 54.1 Å². The third-order valence-corrected chi connectivity index (χ3v) is 4.69. The summed E-state index contributed by atoms with van der Waals surface area (Å²) < 4.78 is 0. The number of thioether (sulfide) groups is 1. The van der Waals surface area contributed by atoms with Gasteiger partial charge >= 0.3 is 0 Å². The minimum atomic E-state index is 1.34. The predicted octanol–water partition coefficient (Wildman–Crippen LogP) is 5.52. The van der Waals surface area contributed by atoms with E-state index in [4.69, 9.17) is 0 Å². The number of aryl methyl sites for hydroxylation is 1. The summed E-state index contributed by atoms with van der Waals surface area (Å²) in [7, 11) is 0. The molecule has 0 aliphatic heterocycles. The summed E-state index contributed by atoms with van der Waals surface area (Å²) in [6.07, 6.45) is 2.16. The first-order chi connectivity index (χ1) is 9.29. The molecule has 0 nitrogen and oxygen atoms in total. The van der Waals surface area contributed by atoms with Gasteiger partial charge < -0.3 is 0 Å². The van der Waals surface area contributed by atoms with E-state index < -0.39 is 0 Å². The maximum Gasteiger partial charge on any atom is 0.0157 e. The first-order valence-electron chi connectivity index (χ1n) is 6.51. The van der Waals surface area contributed by atoms with Gasteiger partial charge in [0.2, 0.25) is 0 Å². The van der Waals surface area contributed by atoms with Gasteiger partial charge in [0.1, 0.15) is 0 Å². The lowest BCUT2D eigenvalue weighted by atomic mass is 10.0. The molecule has 0 heterocycles. The maximum atomic E-state index is 2.32. The van der Waals surface area contributed by atoms with Crippen LogP contribution in [0.25, 0.3) is 33.0 Å². The predicted molar refractivity (Wildman–Crippen MR) is 84.9 cm³/mol. The average molecular weight is 262 g/mol. The highest BCUT2D eigenvalue weighted by molar-refractivity contribution is 7.98. The number of benzene rings is 3. The van der Waals surface area contributed by atoms with E-state index in [1.807, 2.05) is 11.8 Å². The van der Waals surface area contributed by atoms with Gasteiger partial charge in [-0.25, -0.2) is 0 Å². The molecule has 0 saturated carbocycles. The van der Waals surface area contributed by atoms with E-state index >= 15 is 0 Å². The summed E-state index contributed by atoms with van der Waals surface area (Å²) in [5, 5.41) is 2.76. The maximum absolute atomic E-state index is 2.32. The van der Waals surface area contributed by atoms with Crippen LogP contribution < -0.4 is 0 Å². The molecule has 1 heteroatoms. The van der Waals surface area contributed by atoms with Gasteiger partial charge in [0.05, 0.1) is 0 Å². The van der Waals surface area contributed by atoms with E-state index in [1.165, 1.54) is 43.5 Å². The van der Waals surface area contributed by atoms with E-state index in [2.05, 4.69) is 61.7 Å². The Morgan fingerprint density at radius 3 is 2.32 bits per heavy atom. The van der Waals surface area contributed by atoms with Crippen LogP contribution in [0.15, 0.2) is 53.4 Å². The van der Waals surface area contributed by atoms with Crippen LogP contribution in [0.5, 0.6) is 0 Å². The van der Waals surface area contributed by atoms with Gasteiger partial charge in [-0.05, 0) is 52.3 Å². The van der Waals surface area contributed by atoms with Crippen LogP contribution in [0.1, 0.15) is 5.56 Å². The van der Waals surface area contributed by atoms with Crippen molar-refractivity contribution in [1.82, 2.24) is 0 Å². The summed E-state index contributed by atoms with van der Waals surface area (Å²) in [4.78, 5) is 1.39. The lowest BCUT2D eigenvalue weighted by Gasteiger charge is -2.09. The van der Waals surface area contributed by atoms with Gasteiger partial charge in [-0.3, -0.25) is 0 Å². The van der Waals surface area contributed by atoms with Crippen LogP contribution >= 0.6 is 11.8 Å². The molecule has 0 radical (unpaired) electrons. The van der Waals surface area contributed by atoms with Gasteiger partial charge in [-0.15, -0.1) is 11.8 Å². The van der Waals surface area contributed by atoms with Crippen molar-refractivity contribution in [3.8, 4) is 22.3 Å². The van der Waals surface area contributed by atoms with Crippen molar-refractivity contribution in [2.75, 3.05) is 6.26 Å². The van der Waals surface area contributed by atoms with Crippen molar-refractivity contribution in [1.29, 1.82) is 0 Å². The molecule has 1 aliphatic rings. The molecule has 0 bridgehead atoms. The standard InChI is InChI=1S/C18H14S/c1-11-9-15-13-7-3-5-12-6-4-8-14(17(12)13)18(15)16(10-11)19-2/h3-10H,1-2H3. The van der Waals surface area contributed by atoms with Crippen molar-refractivity contribution in [2.24, 2.45) is 0 Å². The zero-order valence-electron chi connectivity index (χ0n) is 11.0. The molecule has 0 spiro atoms. The van der Waals surface area contributed by atoms with Crippen LogP contribution in [0.2, 0.25) is 0 Å². The molecule has 0 amide bonds. The van der Waals surface area contributed by atoms with Gasteiger partial charge in [0.15, 0.2) is 0 Å². The van der Waals surface area contributed by atoms with Gasteiger partial charge in [0, 0.05) is 10.5 Å². The fourth-order valence-corrected chi connectivity index (χ4v) is 3.91. The molecule has 3 aromatic rings. The van der Waals surface area contributed by atoms with Gasteiger partial charge in [0.25, 0.3) is 0 Å². The summed E-state index contributed by atoms with van der Waals surface area (Å²) >= 11 is 1.84. The SMILES string of the molecule is CSc1cc(C)cc2c1-c1cccc3cccc-2c13. The molecule has 0 unspecified atom stereocenters. The van der Waals surface area contributed by atoms with Crippen LogP contribution in [0.4, 0.5) is 0 Å². The number of hydrogen-bond acceptors (Lipinski definition) is 1. The van der Waals surface area contributed by atoms with Crippen molar-refractivity contribution >= 4 is 22.5 Å². The average Bonchev–Trinajstić information content (AvgIpc) is 2.75. The van der Waals surface area contributed by atoms with Crippen LogP contribution in [-0.4, -0.2) is 6.26 Å². The van der Waals surface area contributed by atoms with E-state index in [0.29, 0.717) is 0 Å². The van der Waals surface area contributed by atoms with Crippen LogP contribution in [0, 0.1) is 6.92 Å². The molecular formula is C18H14S. The zero-order chi connectivity index (χ0) is 13.0. The molecule has 4 rings (SSSR count). The first-order valence-corrected chi connectivity index (χ1v) is 7.73. The molecule has 19 heavy (non-hydrogen) atoms. The lowest BCUT2D eigenvalue weighted by Crippen LogP contribution is -1.83. The van der Waals surface area contributed by atoms with E-state index in [-0.39, 0.29) is 0 Å². The number of fused-ring (bicyclic) bond motifs is 3. The molecular weight excluding hydrogens is 248 g/mol. The quantitative estimate of drug-likeness (QED) is 0.407. The van der Waals surface area contributed by atoms with Crippen LogP contribution in [-0.2, 0) is 0 Å². The molecule has 0 N–H and O–H groups in total. The van der Waals surface area contributed by atoms with Gasteiger partial charge in [-0.1, -0.05) is 42.5 Å². The molecule has 92 valence electrons. The topological polar surface area (TPSA) is 0 Å². The number of hydrogen-bond donors (Lipinski definition) is 0. The Kier molecular flexibility index (Phi) is 2.27. The van der Waals surface area contributed by atoms with Crippen molar-refractivity contribution in [3.63, 3.8) is 0 Å². The Labute approximate surface area is 117 Å². The fraction of sp³-hybridized carbons (Fsp3) is 0.111.